The minimum Gasteiger partial charge on any atom is -0.454 e. The van der Waals surface area contributed by atoms with E-state index in [0.717, 1.165) is 41.0 Å². The van der Waals surface area contributed by atoms with Crippen LogP contribution in [0, 0.1) is 0 Å². The molecule has 0 spiro atoms. The van der Waals surface area contributed by atoms with E-state index in [0.29, 0.717) is 10.8 Å². The number of halogens is 1. The lowest BCUT2D eigenvalue weighted by atomic mass is 9.94. The molecule has 0 bridgehead atoms. The molecule has 1 fully saturated rings. The van der Waals surface area contributed by atoms with Crippen molar-refractivity contribution in [2.24, 2.45) is 0 Å². The predicted octanol–water partition coefficient (Wildman–Crippen LogP) is 5.41. The Morgan fingerprint density at radius 2 is 1.64 bits per heavy atom. The van der Waals surface area contributed by atoms with Gasteiger partial charge in [0.25, 0.3) is 0 Å². The number of carbonyl (C=O) groups is 1. The topological polar surface area (TPSA) is 47.6 Å². The Kier molecular flexibility index (Phi) is 4.02. The lowest BCUT2D eigenvalue weighted by Gasteiger charge is -2.17. The summed E-state index contributed by atoms with van der Waals surface area (Å²) in [5.41, 5.74) is 3.27. The number of rotatable bonds is 4. The van der Waals surface area contributed by atoms with E-state index in [1.54, 1.807) is 0 Å². The molecule has 1 N–H and O–H groups in total. The van der Waals surface area contributed by atoms with Crippen molar-refractivity contribution < 1.29 is 14.3 Å². The van der Waals surface area contributed by atoms with Crippen LogP contribution in [0.5, 0.6) is 11.5 Å². The molecule has 1 heterocycles. The second kappa shape index (κ2) is 6.57. The maximum atomic E-state index is 13.1. The van der Waals surface area contributed by atoms with Crippen LogP contribution in [0.1, 0.15) is 18.4 Å². The fourth-order valence-electron chi connectivity index (χ4n) is 3.66. The van der Waals surface area contributed by atoms with Gasteiger partial charge in [-0.15, -0.1) is 0 Å². The third-order valence-corrected chi connectivity index (χ3v) is 5.62. The van der Waals surface area contributed by atoms with Crippen LogP contribution >= 0.6 is 11.6 Å². The van der Waals surface area contributed by atoms with E-state index in [1.807, 2.05) is 66.7 Å². The Labute approximate surface area is 168 Å². The van der Waals surface area contributed by atoms with Crippen molar-refractivity contribution in [1.82, 2.24) is 0 Å². The molecule has 5 rings (SSSR count). The Hall–Kier alpha value is -2.98. The molecule has 5 heteroatoms. The minimum atomic E-state index is -0.493. The Morgan fingerprint density at radius 3 is 2.43 bits per heavy atom. The van der Waals surface area contributed by atoms with Gasteiger partial charge in [-0.3, -0.25) is 4.79 Å². The molecule has 0 saturated heterocycles. The lowest BCUT2D eigenvalue weighted by Crippen LogP contribution is -2.27. The van der Waals surface area contributed by atoms with Crippen LogP contribution in [0.4, 0.5) is 5.69 Å². The molecule has 2 aliphatic rings. The van der Waals surface area contributed by atoms with Crippen molar-refractivity contribution in [3.63, 3.8) is 0 Å². The van der Waals surface area contributed by atoms with E-state index >= 15 is 0 Å². The first-order valence-electron chi connectivity index (χ1n) is 9.22. The summed E-state index contributed by atoms with van der Waals surface area (Å²) in [7, 11) is 0. The third-order valence-electron chi connectivity index (χ3n) is 5.39. The Morgan fingerprint density at radius 1 is 0.893 bits per heavy atom. The third kappa shape index (κ3) is 3.00. The number of benzene rings is 3. The second-order valence-corrected chi connectivity index (χ2v) is 7.63. The Bertz CT molecular complexity index is 1070. The zero-order chi connectivity index (χ0) is 19.1. The van der Waals surface area contributed by atoms with Crippen LogP contribution in [-0.2, 0) is 10.2 Å². The van der Waals surface area contributed by atoms with Crippen LogP contribution in [0.15, 0.2) is 66.7 Å². The molecule has 0 radical (unpaired) electrons. The van der Waals surface area contributed by atoms with Crippen molar-refractivity contribution >= 4 is 23.2 Å². The lowest BCUT2D eigenvalue weighted by molar-refractivity contribution is -0.118. The van der Waals surface area contributed by atoms with Crippen molar-refractivity contribution in [3.05, 3.63) is 77.3 Å². The normalized spacial score (nSPS) is 15.9. The summed E-state index contributed by atoms with van der Waals surface area (Å²) in [6.07, 6.45) is 1.65. The van der Waals surface area contributed by atoms with Crippen molar-refractivity contribution in [2.45, 2.75) is 18.3 Å². The highest BCUT2D eigenvalue weighted by Crippen LogP contribution is 2.51. The number of hydrogen-bond donors (Lipinski definition) is 1. The van der Waals surface area contributed by atoms with Gasteiger partial charge in [0.05, 0.1) is 5.41 Å². The van der Waals surface area contributed by atoms with E-state index in [-0.39, 0.29) is 12.7 Å². The van der Waals surface area contributed by atoms with E-state index < -0.39 is 5.41 Å². The number of hydrogen-bond acceptors (Lipinski definition) is 3. The van der Waals surface area contributed by atoms with Gasteiger partial charge in [0.1, 0.15) is 0 Å². The van der Waals surface area contributed by atoms with Gasteiger partial charge >= 0.3 is 0 Å². The SMILES string of the molecule is O=C(Nc1cccc(-c2cccc(Cl)c2)c1)C1(c2ccc3c(c2)OCO3)CC1. The molecule has 140 valence electrons. The highest BCUT2D eigenvalue weighted by Gasteiger charge is 2.51. The summed E-state index contributed by atoms with van der Waals surface area (Å²) < 4.78 is 10.8. The molecule has 0 aromatic heterocycles. The zero-order valence-electron chi connectivity index (χ0n) is 15.1. The highest BCUT2D eigenvalue weighted by molar-refractivity contribution is 6.30. The van der Waals surface area contributed by atoms with Gasteiger partial charge in [-0.05, 0) is 65.9 Å². The number of ether oxygens (including phenoxy) is 2. The van der Waals surface area contributed by atoms with Gasteiger partial charge in [-0.2, -0.15) is 0 Å². The largest absolute Gasteiger partial charge is 0.454 e. The molecule has 1 aliphatic heterocycles. The zero-order valence-corrected chi connectivity index (χ0v) is 15.8. The first kappa shape index (κ1) is 17.1. The van der Waals surface area contributed by atoms with E-state index in [4.69, 9.17) is 21.1 Å². The van der Waals surface area contributed by atoms with E-state index in [9.17, 15) is 4.79 Å². The number of carbonyl (C=O) groups excluding carboxylic acids is 1. The first-order valence-corrected chi connectivity index (χ1v) is 9.59. The van der Waals surface area contributed by atoms with Crippen LogP contribution < -0.4 is 14.8 Å². The van der Waals surface area contributed by atoms with Gasteiger partial charge in [0.15, 0.2) is 11.5 Å². The van der Waals surface area contributed by atoms with E-state index in [2.05, 4.69) is 5.32 Å². The van der Waals surface area contributed by atoms with Crippen molar-refractivity contribution in [3.8, 4) is 22.6 Å². The fraction of sp³-hybridized carbons (Fsp3) is 0.174. The van der Waals surface area contributed by atoms with Gasteiger partial charge in [0, 0.05) is 10.7 Å². The minimum absolute atomic E-state index is 0.00890. The number of nitrogens with one attached hydrogen (secondary N) is 1. The molecule has 1 aliphatic carbocycles. The van der Waals surface area contributed by atoms with E-state index in [1.165, 1.54) is 0 Å². The summed E-state index contributed by atoms with van der Waals surface area (Å²) in [6, 6.07) is 21.3. The molecule has 0 atom stereocenters. The van der Waals surface area contributed by atoms with Gasteiger partial charge < -0.3 is 14.8 Å². The number of anilines is 1. The average molecular weight is 392 g/mol. The quantitative estimate of drug-likeness (QED) is 0.647. The standard InChI is InChI=1S/C23H18ClNO3/c24-18-5-1-3-15(11-18)16-4-2-6-19(12-16)25-22(26)23(9-10-23)17-7-8-20-21(13-17)28-14-27-20/h1-8,11-13H,9-10,14H2,(H,25,26). The number of amides is 1. The van der Waals surface area contributed by atoms with Crippen LogP contribution in [0.3, 0.4) is 0 Å². The summed E-state index contributed by atoms with van der Waals surface area (Å²) >= 11 is 6.11. The average Bonchev–Trinajstić information content (AvgIpc) is 3.39. The summed E-state index contributed by atoms with van der Waals surface area (Å²) in [4.78, 5) is 13.1. The number of fused-ring (bicyclic) bond motifs is 1. The van der Waals surface area contributed by atoms with Gasteiger partial charge in [-0.25, -0.2) is 0 Å². The first-order chi connectivity index (χ1) is 13.6. The van der Waals surface area contributed by atoms with Crippen LogP contribution in [-0.4, -0.2) is 12.7 Å². The maximum absolute atomic E-state index is 13.1. The molecule has 1 amide bonds. The summed E-state index contributed by atoms with van der Waals surface area (Å²) in [6.45, 7) is 0.230. The molecule has 0 unspecified atom stereocenters. The molecule has 3 aromatic carbocycles. The van der Waals surface area contributed by atoms with Gasteiger partial charge in [-0.1, -0.05) is 41.9 Å². The molecule has 4 nitrogen and oxygen atoms in total. The van der Waals surface area contributed by atoms with Crippen LogP contribution in [0.2, 0.25) is 5.02 Å². The Balaban J connectivity index is 1.39. The van der Waals surface area contributed by atoms with Crippen molar-refractivity contribution in [2.75, 3.05) is 12.1 Å². The molecule has 3 aromatic rings. The molecular weight excluding hydrogens is 374 g/mol. The van der Waals surface area contributed by atoms with Crippen LogP contribution in [0.25, 0.3) is 11.1 Å². The second-order valence-electron chi connectivity index (χ2n) is 7.20. The summed E-state index contributed by atoms with van der Waals surface area (Å²) in [5, 5.41) is 3.78. The molecule has 1 saturated carbocycles. The molecular formula is C23H18ClNO3. The van der Waals surface area contributed by atoms with Gasteiger partial charge in [0.2, 0.25) is 12.7 Å². The monoisotopic (exact) mass is 391 g/mol. The smallest absolute Gasteiger partial charge is 0.235 e. The summed E-state index contributed by atoms with van der Waals surface area (Å²) in [5.74, 6) is 1.45. The van der Waals surface area contributed by atoms with Crippen molar-refractivity contribution in [1.29, 1.82) is 0 Å². The predicted molar refractivity (Wildman–Crippen MR) is 109 cm³/mol. The fourth-order valence-corrected chi connectivity index (χ4v) is 3.85. The maximum Gasteiger partial charge on any atom is 0.235 e. The molecule has 28 heavy (non-hydrogen) atoms. The highest BCUT2D eigenvalue weighted by atomic mass is 35.5.